The molecule has 30 heavy (non-hydrogen) atoms. The first-order chi connectivity index (χ1) is 14.3. The van der Waals surface area contributed by atoms with E-state index in [2.05, 4.69) is 0 Å². The number of nitrogens with zero attached hydrogens (tertiary/aromatic N) is 3. The molecule has 0 saturated carbocycles. The number of hydrogen-bond acceptors (Lipinski definition) is 5. The van der Waals surface area contributed by atoms with Crippen LogP contribution >= 0.6 is 0 Å². The number of fused-ring (bicyclic) bond motifs is 1. The maximum atomic E-state index is 13.1. The van der Waals surface area contributed by atoms with Crippen molar-refractivity contribution in [2.24, 2.45) is 0 Å². The van der Waals surface area contributed by atoms with E-state index in [-0.39, 0.29) is 17.7 Å². The van der Waals surface area contributed by atoms with Crippen LogP contribution in [0.5, 0.6) is 0 Å². The van der Waals surface area contributed by atoms with Crippen molar-refractivity contribution in [2.45, 2.75) is 24.8 Å². The molecule has 0 N–H and O–H groups in total. The minimum Gasteiger partial charge on any atom is -0.309 e. The van der Waals surface area contributed by atoms with Crippen LogP contribution in [-0.2, 0) is 14.6 Å². The van der Waals surface area contributed by atoms with Crippen molar-refractivity contribution in [2.75, 3.05) is 36.8 Å². The second kappa shape index (κ2) is 7.85. The van der Waals surface area contributed by atoms with Crippen molar-refractivity contribution in [3.05, 3.63) is 59.7 Å². The highest BCUT2D eigenvalue weighted by Gasteiger charge is 2.48. The Kier molecular flexibility index (Phi) is 5.38. The van der Waals surface area contributed by atoms with E-state index in [1.165, 1.54) is 4.90 Å². The molecule has 7 nitrogen and oxygen atoms in total. The molecule has 2 fully saturated rings. The Bertz CT molecular complexity index is 1060. The topological polar surface area (TPSA) is 78.0 Å². The maximum Gasteiger partial charge on any atom is 0.332 e. The highest BCUT2D eigenvalue weighted by atomic mass is 32.2. The molecule has 158 valence electrons. The highest BCUT2D eigenvalue weighted by molar-refractivity contribution is 7.91. The molecule has 3 amide bonds. The lowest BCUT2D eigenvalue weighted by Gasteiger charge is -2.35. The van der Waals surface area contributed by atoms with Gasteiger partial charge >= 0.3 is 6.03 Å². The molecule has 0 radical (unpaired) electrons. The van der Waals surface area contributed by atoms with Crippen LogP contribution in [0.3, 0.4) is 0 Å². The number of imide groups is 1. The zero-order valence-electron chi connectivity index (χ0n) is 17.1. The van der Waals surface area contributed by atoms with Gasteiger partial charge in [0.25, 0.3) is 5.91 Å². The van der Waals surface area contributed by atoms with Gasteiger partial charge in [-0.2, -0.15) is 0 Å². The third-order valence-corrected chi connectivity index (χ3v) is 7.36. The summed E-state index contributed by atoms with van der Waals surface area (Å²) in [5.74, 6) is -0.271. The van der Waals surface area contributed by atoms with Gasteiger partial charge in [-0.3, -0.25) is 9.69 Å². The standard InChI is InChI=1S/C22H25N3O4S/c1-16-12-17(2)14-18(13-16)25-21(26)20-15-23(8-9-24(20)22(25)27)10-11-30(28,29)19-6-4-3-5-7-19/h3-7,12-14,20H,8-11,15H2,1-2H3. The van der Waals surface area contributed by atoms with E-state index in [1.54, 1.807) is 35.2 Å². The molecular weight excluding hydrogens is 402 g/mol. The average molecular weight is 428 g/mol. The Morgan fingerprint density at radius 3 is 2.30 bits per heavy atom. The molecule has 0 aliphatic carbocycles. The summed E-state index contributed by atoms with van der Waals surface area (Å²) >= 11 is 0. The molecule has 2 aliphatic rings. The van der Waals surface area contributed by atoms with Crippen molar-refractivity contribution in [1.29, 1.82) is 0 Å². The van der Waals surface area contributed by atoms with Crippen LogP contribution in [-0.4, -0.2) is 68.1 Å². The number of rotatable bonds is 5. The predicted octanol–water partition coefficient (Wildman–Crippen LogP) is 2.23. The number of carbonyl (C=O) groups is 2. The minimum absolute atomic E-state index is 0.0212. The lowest BCUT2D eigenvalue weighted by atomic mass is 10.1. The fourth-order valence-electron chi connectivity index (χ4n) is 4.17. The van der Waals surface area contributed by atoms with Gasteiger partial charge in [0.05, 0.1) is 16.3 Å². The molecule has 0 bridgehead atoms. The Labute approximate surface area is 176 Å². The van der Waals surface area contributed by atoms with E-state index in [1.807, 2.05) is 36.9 Å². The Hall–Kier alpha value is -2.71. The summed E-state index contributed by atoms with van der Waals surface area (Å²) in [6.45, 7) is 5.48. The average Bonchev–Trinajstić information content (AvgIpc) is 2.96. The molecule has 8 heteroatoms. The van der Waals surface area contributed by atoms with Crippen molar-refractivity contribution < 1.29 is 18.0 Å². The van der Waals surface area contributed by atoms with E-state index in [4.69, 9.17) is 0 Å². The highest BCUT2D eigenvalue weighted by Crippen LogP contribution is 2.29. The molecule has 1 atom stereocenters. The summed E-state index contributed by atoms with van der Waals surface area (Å²) in [7, 11) is -3.39. The molecule has 1 unspecified atom stereocenters. The summed E-state index contributed by atoms with van der Waals surface area (Å²) in [4.78, 5) is 31.1. The van der Waals surface area contributed by atoms with Crippen molar-refractivity contribution >= 4 is 27.5 Å². The van der Waals surface area contributed by atoms with Gasteiger partial charge in [0, 0.05) is 26.2 Å². The first-order valence-electron chi connectivity index (χ1n) is 9.99. The summed E-state index contributed by atoms with van der Waals surface area (Å²) in [6, 6.07) is 13.2. The zero-order chi connectivity index (χ0) is 21.5. The van der Waals surface area contributed by atoms with E-state index >= 15 is 0 Å². The van der Waals surface area contributed by atoms with Gasteiger partial charge in [-0.15, -0.1) is 0 Å². The number of amides is 3. The van der Waals surface area contributed by atoms with Gasteiger partial charge in [-0.1, -0.05) is 24.3 Å². The molecule has 2 aromatic rings. The van der Waals surface area contributed by atoms with Crippen LogP contribution in [0.1, 0.15) is 11.1 Å². The lowest BCUT2D eigenvalue weighted by Crippen LogP contribution is -2.53. The summed E-state index contributed by atoms with van der Waals surface area (Å²) < 4.78 is 25.1. The Balaban J connectivity index is 1.46. The van der Waals surface area contributed by atoms with Gasteiger partial charge in [-0.25, -0.2) is 18.1 Å². The number of benzene rings is 2. The SMILES string of the molecule is Cc1cc(C)cc(N2C(=O)C3CN(CCS(=O)(=O)c4ccccc4)CCN3C2=O)c1. The Morgan fingerprint density at radius 1 is 0.967 bits per heavy atom. The first kappa shape index (κ1) is 20.6. The molecule has 2 aliphatic heterocycles. The molecule has 0 aromatic heterocycles. The van der Waals surface area contributed by atoms with Gasteiger partial charge in [-0.05, 0) is 49.2 Å². The summed E-state index contributed by atoms with van der Waals surface area (Å²) in [5.41, 5.74) is 2.57. The van der Waals surface area contributed by atoms with Crippen molar-refractivity contribution in [3.63, 3.8) is 0 Å². The van der Waals surface area contributed by atoms with Crippen LogP contribution in [0.2, 0.25) is 0 Å². The second-order valence-corrected chi connectivity index (χ2v) is 10.1. The lowest BCUT2D eigenvalue weighted by molar-refractivity contribution is -0.121. The fourth-order valence-corrected chi connectivity index (χ4v) is 5.47. The van der Waals surface area contributed by atoms with Gasteiger partial charge in [0.2, 0.25) is 0 Å². The van der Waals surface area contributed by atoms with E-state index in [9.17, 15) is 18.0 Å². The summed E-state index contributed by atoms with van der Waals surface area (Å²) in [5, 5.41) is 0. The fraction of sp³-hybridized carbons (Fsp3) is 0.364. The van der Waals surface area contributed by atoms with Crippen LogP contribution in [0, 0.1) is 13.8 Å². The van der Waals surface area contributed by atoms with E-state index < -0.39 is 15.9 Å². The number of hydrogen-bond donors (Lipinski definition) is 0. The molecular formula is C22H25N3O4S. The number of aryl methyl sites for hydroxylation is 2. The van der Waals surface area contributed by atoms with Crippen LogP contribution < -0.4 is 4.90 Å². The Morgan fingerprint density at radius 2 is 1.63 bits per heavy atom. The first-order valence-corrected chi connectivity index (χ1v) is 11.6. The molecule has 2 saturated heterocycles. The van der Waals surface area contributed by atoms with Crippen LogP contribution in [0.15, 0.2) is 53.4 Å². The zero-order valence-corrected chi connectivity index (χ0v) is 17.9. The maximum absolute atomic E-state index is 13.1. The quantitative estimate of drug-likeness (QED) is 0.684. The minimum atomic E-state index is -3.39. The van der Waals surface area contributed by atoms with Crippen molar-refractivity contribution in [3.8, 4) is 0 Å². The smallest absolute Gasteiger partial charge is 0.309 e. The monoisotopic (exact) mass is 427 g/mol. The molecule has 4 rings (SSSR count). The van der Waals surface area contributed by atoms with E-state index in [0.29, 0.717) is 36.8 Å². The largest absolute Gasteiger partial charge is 0.332 e. The van der Waals surface area contributed by atoms with E-state index in [0.717, 1.165) is 11.1 Å². The number of piperazine rings is 1. The number of anilines is 1. The van der Waals surface area contributed by atoms with Crippen LogP contribution in [0.4, 0.5) is 10.5 Å². The molecule has 2 heterocycles. The third kappa shape index (κ3) is 3.85. The molecule has 0 spiro atoms. The van der Waals surface area contributed by atoms with Crippen LogP contribution in [0.25, 0.3) is 0 Å². The van der Waals surface area contributed by atoms with Gasteiger partial charge in [0.1, 0.15) is 6.04 Å². The number of carbonyl (C=O) groups excluding carboxylic acids is 2. The predicted molar refractivity (Wildman–Crippen MR) is 114 cm³/mol. The summed E-state index contributed by atoms with van der Waals surface area (Å²) in [6.07, 6.45) is 0. The third-order valence-electron chi connectivity index (χ3n) is 5.65. The second-order valence-electron chi connectivity index (χ2n) is 7.94. The number of sulfone groups is 1. The van der Waals surface area contributed by atoms with Gasteiger partial charge < -0.3 is 4.90 Å². The molecule has 2 aromatic carbocycles. The number of urea groups is 1. The van der Waals surface area contributed by atoms with Gasteiger partial charge in [0.15, 0.2) is 9.84 Å². The van der Waals surface area contributed by atoms with Crippen molar-refractivity contribution in [1.82, 2.24) is 9.80 Å². The normalized spacial score (nSPS) is 20.0.